The van der Waals surface area contributed by atoms with Crippen LogP contribution in [0.15, 0.2) is 54.6 Å². The lowest BCUT2D eigenvalue weighted by Gasteiger charge is -2.17. The zero-order chi connectivity index (χ0) is 25.9. The highest BCUT2D eigenvalue weighted by Gasteiger charge is 2.45. The van der Waals surface area contributed by atoms with E-state index in [4.69, 9.17) is 13.8 Å². The number of fused-ring (bicyclic) bond motifs is 1. The first-order valence-corrected chi connectivity index (χ1v) is 12.7. The molecule has 1 aromatic carbocycles. The molecule has 3 aromatic rings. The number of imidazole rings is 1. The number of amides is 1. The molecule has 1 aliphatic heterocycles. The molecule has 36 heavy (non-hydrogen) atoms. The third-order valence-electron chi connectivity index (χ3n) is 5.34. The van der Waals surface area contributed by atoms with Gasteiger partial charge in [0.1, 0.15) is 24.6 Å². The topological polar surface area (TPSA) is 158 Å². The Hall–Kier alpha value is -3.06. The van der Waals surface area contributed by atoms with Crippen molar-refractivity contribution in [3.05, 3.63) is 60.2 Å². The molecule has 12 nitrogen and oxygen atoms in total. The summed E-state index contributed by atoms with van der Waals surface area (Å²) in [7, 11) is -4.23. The van der Waals surface area contributed by atoms with Gasteiger partial charge >= 0.3 is 7.60 Å². The number of nitrogens with zero attached hydrogens (tertiary/aromatic N) is 4. The quantitative estimate of drug-likeness (QED) is 0.358. The zero-order valence-corrected chi connectivity index (χ0v) is 20.3. The second-order valence-electron chi connectivity index (χ2n) is 7.66. The van der Waals surface area contributed by atoms with Crippen LogP contribution in [-0.4, -0.2) is 67.2 Å². The normalized spacial score (nSPS) is 22.8. The van der Waals surface area contributed by atoms with E-state index in [9.17, 15) is 24.0 Å². The minimum absolute atomic E-state index is 0.0677. The van der Waals surface area contributed by atoms with Gasteiger partial charge in [-0.25, -0.2) is 15.0 Å². The zero-order valence-electron chi connectivity index (χ0n) is 19.4. The summed E-state index contributed by atoms with van der Waals surface area (Å²) in [5, 5.41) is 23.8. The van der Waals surface area contributed by atoms with Crippen molar-refractivity contribution in [1.29, 1.82) is 0 Å². The lowest BCUT2D eigenvalue weighted by atomic mass is 10.1. The fourth-order valence-electron chi connectivity index (χ4n) is 3.68. The van der Waals surface area contributed by atoms with Gasteiger partial charge in [0.2, 0.25) is 5.57 Å². The van der Waals surface area contributed by atoms with Crippen LogP contribution in [0.2, 0.25) is 0 Å². The van der Waals surface area contributed by atoms with Gasteiger partial charge in [-0.05, 0) is 32.1 Å². The van der Waals surface area contributed by atoms with E-state index in [2.05, 4.69) is 20.3 Å². The molecular weight excluding hydrogens is 496 g/mol. The summed E-state index contributed by atoms with van der Waals surface area (Å²) in [4.78, 5) is 25.0. The Morgan fingerprint density at radius 1 is 1.17 bits per heavy atom. The van der Waals surface area contributed by atoms with E-state index in [1.54, 1.807) is 30.3 Å². The first-order valence-electron chi connectivity index (χ1n) is 11.1. The molecule has 3 N–H and O–H groups in total. The molecule has 192 valence electrons. The number of aromatic nitrogens is 4. The van der Waals surface area contributed by atoms with E-state index >= 15 is 0 Å². The molecule has 2 aromatic heterocycles. The van der Waals surface area contributed by atoms with Crippen molar-refractivity contribution in [2.75, 3.05) is 18.5 Å². The van der Waals surface area contributed by atoms with Gasteiger partial charge in [-0.3, -0.25) is 13.9 Å². The van der Waals surface area contributed by atoms with Crippen molar-refractivity contribution in [1.82, 2.24) is 19.5 Å². The van der Waals surface area contributed by atoms with Crippen molar-refractivity contribution < 1.29 is 37.7 Å². The molecule has 1 saturated heterocycles. The number of aliphatic hydroxyl groups excluding tert-OH is 2. The van der Waals surface area contributed by atoms with Crippen LogP contribution < -0.4 is 5.32 Å². The van der Waals surface area contributed by atoms with Crippen LogP contribution >= 0.6 is 7.60 Å². The molecule has 1 aliphatic rings. The van der Waals surface area contributed by atoms with Crippen molar-refractivity contribution in [2.24, 2.45) is 0 Å². The van der Waals surface area contributed by atoms with E-state index in [0.717, 1.165) is 6.08 Å². The standard InChI is InChI=1S/C22H25FN5O7P/c1-3-33-36(32,34-4-2)15(23)10-14-17(29)18(30)22(35-14)28-12-26-16-19(24-11-25-20(16)28)27-21(31)13-8-6-5-7-9-13/h5-12,14,17-18,22,29-30H,3-4H2,1-2H3,(H,24,25,27,31)/b15-10+/t14-,17-,18-,22-/m1/s1. The summed E-state index contributed by atoms with van der Waals surface area (Å²) in [5.41, 5.74) is -0.445. The van der Waals surface area contributed by atoms with Gasteiger partial charge in [0, 0.05) is 5.56 Å². The first-order chi connectivity index (χ1) is 17.3. The van der Waals surface area contributed by atoms with Crippen LogP contribution in [0.5, 0.6) is 0 Å². The van der Waals surface area contributed by atoms with Gasteiger partial charge in [-0.15, -0.1) is 0 Å². The van der Waals surface area contributed by atoms with Crippen molar-refractivity contribution >= 4 is 30.5 Å². The smallest absolute Gasteiger partial charge is 0.387 e. The van der Waals surface area contributed by atoms with Gasteiger partial charge in [0.05, 0.1) is 19.5 Å². The minimum Gasteiger partial charge on any atom is -0.387 e. The van der Waals surface area contributed by atoms with E-state index in [1.807, 2.05) is 0 Å². The molecule has 1 fully saturated rings. The molecule has 0 radical (unpaired) electrons. The third kappa shape index (κ3) is 5.07. The summed E-state index contributed by atoms with van der Waals surface area (Å²) < 4.78 is 44.4. The Bertz CT molecular complexity index is 1290. The summed E-state index contributed by atoms with van der Waals surface area (Å²) in [5.74, 6) is -0.288. The first kappa shape index (κ1) is 26.0. The molecule has 0 spiro atoms. The number of aliphatic hydroxyl groups is 2. The fourth-order valence-corrected chi connectivity index (χ4v) is 5.01. The summed E-state index contributed by atoms with van der Waals surface area (Å²) in [6.45, 7) is 2.92. The number of hydrogen-bond donors (Lipinski definition) is 3. The molecule has 14 heteroatoms. The number of anilines is 1. The van der Waals surface area contributed by atoms with Crippen LogP contribution in [0.25, 0.3) is 11.2 Å². The molecule has 0 unspecified atom stereocenters. The Labute approximate surface area is 205 Å². The second-order valence-corrected chi connectivity index (χ2v) is 9.60. The molecule has 0 bridgehead atoms. The Kier molecular flexibility index (Phi) is 7.88. The number of ether oxygens (including phenoxy) is 1. The number of carbonyl (C=O) groups is 1. The lowest BCUT2D eigenvalue weighted by Crippen LogP contribution is -2.30. The van der Waals surface area contributed by atoms with Crippen LogP contribution in [0, 0.1) is 0 Å². The predicted molar refractivity (Wildman–Crippen MR) is 126 cm³/mol. The second kappa shape index (κ2) is 10.9. The number of hydrogen-bond acceptors (Lipinski definition) is 10. The van der Waals surface area contributed by atoms with Crippen LogP contribution in [-0.2, 0) is 18.3 Å². The van der Waals surface area contributed by atoms with Gasteiger partial charge in [0.25, 0.3) is 5.91 Å². The maximum atomic E-state index is 14.8. The van der Waals surface area contributed by atoms with Gasteiger partial charge in [-0.1, -0.05) is 18.2 Å². The molecule has 0 aliphatic carbocycles. The highest BCUT2D eigenvalue weighted by Crippen LogP contribution is 2.57. The SMILES string of the molecule is CCOP(=O)(OCC)/C(F)=C/[C@H]1O[C@@H](n2cnc3c(NC(=O)c4ccccc4)ncnc32)[C@H](O)[C@@H]1O. The molecular formula is C22H25FN5O7P. The van der Waals surface area contributed by atoms with E-state index in [0.29, 0.717) is 5.56 Å². The Morgan fingerprint density at radius 3 is 2.53 bits per heavy atom. The fraction of sp³-hybridized carbons (Fsp3) is 0.364. The third-order valence-corrected chi connectivity index (χ3v) is 7.21. The molecule has 4 atom stereocenters. The highest BCUT2D eigenvalue weighted by atomic mass is 31.2. The molecule has 4 rings (SSSR count). The summed E-state index contributed by atoms with van der Waals surface area (Å²) in [6, 6.07) is 8.50. The highest BCUT2D eigenvalue weighted by molar-refractivity contribution is 7.58. The predicted octanol–water partition coefficient (Wildman–Crippen LogP) is 2.77. The minimum atomic E-state index is -4.23. The molecule has 0 saturated carbocycles. The van der Waals surface area contributed by atoms with Gasteiger partial charge in [-0.2, -0.15) is 4.39 Å². The maximum absolute atomic E-state index is 14.8. The summed E-state index contributed by atoms with van der Waals surface area (Å²) in [6.07, 6.45) is -2.47. The number of rotatable bonds is 9. The van der Waals surface area contributed by atoms with Crippen LogP contribution in [0.1, 0.15) is 30.4 Å². The average Bonchev–Trinajstić information content (AvgIpc) is 3.42. The lowest BCUT2D eigenvalue weighted by molar-refractivity contribution is -0.0247. The van der Waals surface area contributed by atoms with E-state index < -0.39 is 43.6 Å². The monoisotopic (exact) mass is 521 g/mol. The number of nitrogens with one attached hydrogen (secondary N) is 1. The van der Waals surface area contributed by atoms with Gasteiger partial charge < -0.3 is 29.3 Å². The Morgan fingerprint density at radius 2 is 1.86 bits per heavy atom. The largest absolute Gasteiger partial charge is 0.389 e. The van der Waals surface area contributed by atoms with E-state index in [-0.39, 0.29) is 30.2 Å². The van der Waals surface area contributed by atoms with Crippen molar-refractivity contribution in [2.45, 2.75) is 38.4 Å². The van der Waals surface area contributed by atoms with Gasteiger partial charge in [0.15, 0.2) is 23.2 Å². The van der Waals surface area contributed by atoms with E-state index in [1.165, 1.54) is 31.1 Å². The number of carbonyl (C=O) groups excluding carboxylic acids is 1. The van der Waals surface area contributed by atoms with Crippen LogP contribution in [0.3, 0.4) is 0 Å². The number of halogens is 1. The van der Waals surface area contributed by atoms with Crippen molar-refractivity contribution in [3.63, 3.8) is 0 Å². The van der Waals surface area contributed by atoms with Crippen LogP contribution in [0.4, 0.5) is 10.2 Å². The van der Waals surface area contributed by atoms with Crippen molar-refractivity contribution in [3.8, 4) is 0 Å². The molecule has 1 amide bonds. The average molecular weight is 521 g/mol. The molecule has 3 heterocycles. The summed E-state index contributed by atoms with van der Waals surface area (Å²) >= 11 is 0. The maximum Gasteiger partial charge on any atom is 0.389 e. The Balaban J connectivity index is 1.59. The number of benzene rings is 1.